The highest BCUT2D eigenvalue weighted by Gasteiger charge is 2.16. The van der Waals surface area contributed by atoms with Gasteiger partial charge in [-0.05, 0) is 24.3 Å². The molecule has 0 radical (unpaired) electrons. The Kier molecular flexibility index (Phi) is 5.46. The van der Waals surface area contributed by atoms with Crippen LogP contribution in [0.3, 0.4) is 0 Å². The second-order valence-electron chi connectivity index (χ2n) is 5.68. The van der Waals surface area contributed by atoms with E-state index in [4.69, 9.17) is 4.74 Å². The number of anilines is 2. The van der Waals surface area contributed by atoms with E-state index in [1.54, 1.807) is 29.3 Å². The molecule has 3 rings (SSSR count). The van der Waals surface area contributed by atoms with E-state index in [0.717, 1.165) is 25.2 Å². The van der Waals surface area contributed by atoms with Crippen LogP contribution in [0.15, 0.2) is 48.7 Å². The van der Waals surface area contributed by atoms with E-state index in [0.29, 0.717) is 24.7 Å². The van der Waals surface area contributed by atoms with Crippen molar-refractivity contribution in [3.63, 3.8) is 0 Å². The summed E-state index contributed by atoms with van der Waals surface area (Å²) in [6.45, 7) is 2.90. The summed E-state index contributed by atoms with van der Waals surface area (Å²) < 4.78 is 5.40. The number of piperazine rings is 1. The third kappa shape index (κ3) is 4.69. The number of ether oxygens (including phenoxy) is 1. The van der Waals surface area contributed by atoms with Crippen molar-refractivity contribution in [3.8, 4) is 5.75 Å². The van der Waals surface area contributed by atoms with Crippen LogP contribution >= 0.6 is 0 Å². The topological polar surface area (TPSA) is 74.8 Å². The van der Waals surface area contributed by atoms with E-state index in [1.807, 2.05) is 24.3 Å². The predicted octanol–water partition coefficient (Wildman–Crippen LogP) is 1.38. The minimum atomic E-state index is -0.260. The number of pyridine rings is 1. The largest absolute Gasteiger partial charge is 0.484 e. The molecule has 1 aromatic heterocycles. The van der Waals surface area contributed by atoms with Crippen molar-refractivity contribution in [3.05, 3.63) is 48.7 Å². The fourth-order valence-electron chi connectivity index (χ4n) is 2.58. The molecule has 7 nitrogen and oxygen atoms in total. The summed E-state index contributed by atoms with van der Waals surface area (Å²) in [6.07, 6.45) is 2.61. The van der Waals surface area contributed by atoms with Gasteiger partial charge in [-0.1, -0.05) is 18.2 Å². The van der Waals surface area contributed by atoms with Gasteiger partial charge in [0.15, 0.2) is 6.61 Å². The number of aromatic nitrogens is 1. The molecule has 2 heterocycles. The maximum atomic E-state index is 11.9. The average Bonchev–Trinajstić information content (AvgIpc) is 2.68. The van der Waals surface area contributed by atoms with Gasteiger partial charge in [0, 0.05) is 26.2 Å². The molecular weight excluding hydrogens is 320 g/mol. The van der Waals surface area contributed by atoms with Gasteiger partial charge >= 0.3 is 0 Å². The summed E-state index contributed by atoms with van der Waals surface area (Å²) in [5, 5.41) is 2.71. The Hall–Kier alpha value is -3.09. The Morgan fingerprint density at radius 2 is 1.88 bits per heavy atom. The van der Waals surface area contributed by atoms with Crippen LogP contribution in [0.25, 0.3) is 0 Å². The quantitative estimate of drug-likeness (QED) is 0.804. The second kappa shape index (κ2) is 8.14. The van der Waals surface area contributed by atoms with Crippen LogP contribution in [-0.4, -0.2) is 55.0 Å². The normalized spacial score (nSPS) is 14.1. The fraction of sp³-hybridized carbons (Fsp3) is 0.278. The van der Waals surface area contributed by atoms with Gasteiger partial charge in [0.1, 0.15) is 11.6 Å². The van der Waals surface area contributed by atoms with Gasteiger partial charge in [-0.2, -0.15) is 0 Å². The molecular formula is C18H20N4O3. The van der Waals surface area contributed by atoms with E-state index in [2.05, 4.69) is 15.2 Å². The first-order chi connectivity index (χ1) is 12.2. The number of amides is 2. The Balaban J connectivity index is 1.49. The third-order valence-corrected chi connectivity index (χ3v) is 3.96. The lowest BCUT2D eigenvalue weighted by molar-refractivity contribution is -0.119. The minimum absolute atomic E-state index is 0.0684. The first-order valence-corrected chi connectivity index (χ1v) is 8.12. The summed E-state index contributed by atoms with van der Waals surface area (Å²) in [5.74, 6) is 0.871. The predicted molar refractivity (Wildman–Crippen MR) is 94.7 cm³/mol. The number of hydrogen-bond acceptors (Lipinski definition) is 5. The van der Waals surface area contributed by atoms with Gasteiger partial charge < -0.3 is 19.9 Å². The van der Waals surface area contributed by atoms with Crippen LogP contribution in [0.1, 0.15) is 0 Å². The van der Waals surface area contributed by atoms with Gasteiger partial charge in [-0.25, -0.2) is 4.98 Å². The molecule has 2 amide bonds. The second-order valence-corrected chi connectivity index (χ2v) is 5.68. The molecule has 0 unspecified atom stereocenters. The van der Waals surface area contributed by atoms with Crippen LogP contribution in [0.4, 0.5) is 11.5 Å². The molecule has 0 aliphatic carbocycles. The van der Waals surface area contributed by atoms with E-state index in [1.165, 1.54) is 0 Å². The molecule has 25 heavy (non-hydrogen) atoms. The number of nitrogens with zero attached hydrogens (tertiary/aromatic N) is 3. The molecule has 1 aliphatic rings. The summed E-state index contributed by atoms with van der Waals surface area (Å²) in [5.41, 5.74) is 0.976. The molecule has 1 aliphatic heterocycles. The number of hydrogen-bond donors (Lipinski definition) is 1. The molecule has 0 saturated carbocycles. The number of carbonyl (C=O) groups is 2. The van der Waals surface area contributed by atoms with Crippen molar-refractivity contribution in [2.75, 3.05) is 43.0 Å². The van der Waals surface area contributed by atoms with Crippen molar-refractivity contribution in [2.45, 2.75) is 0 Å². The maximum absolute atomic E-state index is 11.9. The SMILES string of the molecule is O=CN1CCN(c2ccc(NC(=O)COc3ccccc3)nc2)CC1. The van der Waals surface area contributed by atoms with Gasteiger partial charge in [0.05, 0.1) is 11.9 Å². The van der Waals surface area contributed by atoms with Crippen LogP contribution in [-0.2, 0) is 9.59 Å². The molecule has 1 aromatic carbocycles. The van der Waals surface area contributed by atoms with E-state index < -0.39 is 0 Å². The van der Waals surface area contributed by atoms with Gasteiger partial charge in [0.2, 0.25) is 6.41 Å². The van der Waals surface area contributed by atoms with E-state index >= 15 is 0 Å². The van der Waals surface area contributed by atoms with Crippen molar-refractivity contribution >= 4 is 23.8 Å². The van der Waals surface area contributed by atoms with E-state index in [9.17, 15) is 9.59 Å². The molecule has 130 valence electrons. The zero-order valence-corrected chi connectivity index (χ0v) is 13.8. The monoisotopic (exact) mass is 340 g/mol. The van der Waals surface area contributed by atoms with Crippen LogP contribution in [0, 0.1) is 0 Å². The Morgan fingerprint density at radius 3 is 2.52 bits per heavy atom. The van der Waals surface area contributed by atoms with Crippen molar-refractivity contribution in [2.24, 2.45) is 0 Å². The first-order valence-electron chi connectivity index (χ1n) is 8.12. The molecule has 7 heteroatoms. The van der Waals surface area contributed by atoms with Gasteiger partial charge in [-0.15, -0.1) is 0 Å². The molecule has 1 saturated heterocycles. The number of rotatable bonds is 6. The Labute approximate surface area is 146 Å². The standard InChI is InChI=1S/C18H20N4O3/c23-14-21-8-10-22(11-9-21)15-6-7-17(19-12-15)20-18(24)13-25-16-4-2-1-3-5-16/h1-7,12,14H,8-11,13H2,(H,19,20,24). The lowest BCUT2D eigenvalue weighted by atomic mass is 10.3. The minimum Gasteiger partial charge on any atom is -0.484 e. The molecule has 0 spiro atoms. The van der Waals surface area contributed by atoms with Gasteiger partial charge in [0.25, 0.3) is 5.91 Å². The first kappa shape index (κ1) is 16.8. The zero-order valence-electron chi connectivity index (χ0n) is 13.8. The molecule has 0 atom stereocenters. The number of carbonyl (C=O) groups excluding carboxylic acids is 2. The number of nitrogens with one attached hydrogen (secondary N) is 1. The number of para-hydroxylation sites is 1. The van der Waals surface area contributed by atoms with Crippen molar-refractivity contribution < 1.29 is 14.3 Å². The summed E-state index contributed by atoms with van der Waals surface area (Å²) in [7, 11) is 0. The lowest BCUT2D eigenvalue weighted by Crippen LogP contribution is -2.45. The lowest BCUT2D eigenvalue weighted by Gasteiger charge is -2.33. The van der Waals surface area contributed by atoms with Crippen LogP contribution in [0.5, 0.6) is 5.75 Å². The Bertz CT molecular complexity index is 698. The smallest absolute Gasteiger partial charge is 0.263 e. The van der Waals surface area contributed by atoms with Crippen molar-refractivity contribution in [1.29, 1.82) is 0 Å². The highest BCUT2D eigenvalue weighted by atomic mass is 16.5. The fourth-order valence-corrected chi connectivity index (χ4v) is 2.58. The zero-order chi connectivity index (χ0) is 17.5. The summed E-state index contributed by atoms with van der Waals surface area (Å²) >= 11 is 0. The van der Waals surface area contributed by atoms with Crippen LogP contribution < -0.4 is 15.0 Å². The molecule has 1 N–H and O–H groups in total. The molecule has 1 fully saturated rings. The number of benzene rings is 1. The highest BCUT2D eigenvalue weighted by molar-refractivity contribution is 5.91. The summed E-state index contributed by atoms with van der Waals surface area (Å²) in [4.78, 5) is 30.9. The molecule has 0 bridgehead atoms. The third-order valence-electron chi connectivity index (χ3n) is 3.96. The van der Waals surface area contributed by atoms with Crippen LogP contribution in [0.2, 0.25) is 0 Å². The maximum Gasteiger partial charge on any atom is 0.263 e. The summed E-state index contributed by atoms with van der Waals surface area (Å²) in [6, 6.07) is 12.9. The average molecular weight is 340 g/mol. The molecule has 2 aromatic rings. The highest BCUT2D eigenvalue weighted by Crippen LogP contribution is 2.17. The van der Waals surface area contributed by atoms with Gasteiger partial charge in [-0.3, -0.25) is 9.59 Å². The van der Waals surface area contributed by atoms with Crippen molar-refractivity contribution in [1.82, 2.24) is 9.88 Å². The van der Waals surface area contributed by atoms with E-state index in [-0.39, 0.29) is 12.5 Å². The Morgan fingerprint density at radius 1 is 1.12 bits per heavy atom.